The van der Waals surface area contributed by atoms with Crippen molar-refractivity contribution in [3.05, 3.63) is 29.8 Å². The minimum atomic E-state index is -1.01. The van der Waals surface area contributed by atoms with Crippen LogP contribution in [0.3, 0.4) is 0 Å². The second-order valence-electron chi connectivity index (χ2n) is 3.68. The minimum Gasteiger partial charge on any atom is -0.481 e. The Morgan fingerprint density at radius 1 is 1.41 bits per heavy atom. The van der Waals surface area contributed by atoms with Crippen LogP contribution in [0, 0.1) is 17.2 Å². The zero-order valence-electron chi connectivity index (χ0n) is 9.30. The number of amides is 1. The maximum Gasteiger partial charge on any atom is 0.304 e. The summed E-state index contributed by atoms with van der Waals surface area (Å²) >= 11 is 0. The van der Waals surface area contributed by atoms with Crippen molar-refractivity contribution in [2.75, 3.05) is 5.32 Å². The van der Waals surface area contributed by atoms with E-state index in [0.29, 0.717) is 11.3 Å². The average molecular weight is 232 g/mol. The van der Waals surface area contributed by atoms with Crippen LogP contribution in [0.5, 0.6) is 0 Å². The van der Waals surface area contributed by atoms with Gasteiger partial charge < -0.3 is 10.4 Å². The van der Waals surface area contributed by atoms with Crippen LogP contribution in [0.2, 0.25) is 0 Å². The second-order valence-corrected chi connectivity index (χ2v) is 3.68. The first-order valence-corrected chi connectivity index (χ1v) is 5.05. The molecule has 0 aliphatic rings. The fraction of sp³-hybridized carbons (Fsp3) is 0.250. The number of nitrogens with one attached hydrogen (secondary N) is 1. The van der Waals surface area contributed by atoms with E-state index in [-0.39, 0.29) is 12.3 Å². The number of carboxylic acid groups (broad SMARTS) is 1. The number of anilines is 1. The topological polar surface area (TPSA) is 90.2 Å². The van der Waals surface area contributed by atoms with Gasteiger partial charge in [0.05, 0.1) is 18.1 Å². The average Bonchev–Trinajstić information content (AvgIpc) is 2.29. The molecule has 1 aromatic carbocycles. The van der Waals surface area contributed by atoms with E-state index in [1.54, 1.807) is 31.2 Å². The summed E-state index contributed by atoms with van der Waals surface area (Å²) in [6.07, 6.45) is -0.206. The predicted molar refractivity (Wildman–Crippen MR) is 61.2 cm³/mol. The highest BCUT2D eigenvalue weighted by Crippen LogP contribution is 2.11. The summed E-state index contributed by atoms with van der Waals surface area (Å²) in [4.78, 5) is 22.0. The molecule has 1 aromatic rings. The Balaban J connectivity index is 2.61. The summed E-state index contributed by atoms with van der Waals surface area (Å²) in [6.45, 7) is 1.55. The summed E-state index contributed by atoms with van der Waals surface area (Å²) < 4.78 is 0. The summed E-state index contributed by atoms with van der Waals surface area (Å²) in [6, 6.07) is 8.33. The Bertz CT molecular complexity index is 460. The normalized spacial score (nSPS) is 11.3. The van der Waals surface area contributed by atoms with Gasteiger partial charge in [0, 0.05) is 11.6 Å². The summed E-state index contributed by atoms with van der Waals surface area (Å²) in [5.41, 5.74) is 1.05. The molecule has 0 saturated carbocycles. The molecule has 0 aliphatic heterocycles. The third-order valence-electron chi connectivity index (χ3n) is 2.21. The fourth-order valence-electron chi connectivity index (χ4n) is 1.25. The number of aliphatic carboxylic acids is 1. The largest absolute Gasteiger partial charge is 0.481 e. The van der Waals surface area contributed by atoms with E-state index in [0.717, 1.165) is 0 Å². The Labute approximate surface area is 98.7 Å². The molecule has 0 spiro atoms. The van der Waals surface area contributed by atoms with Crippen molar-refractivity contribution in [1.29, 1.82) is 5.26 Å². The molecule has 0 fully saturated rings. The minimum absolute atomic E-state index is 0.206. The van der Waals surface area contributed by atoms with Crippen molar-refractivity contribution in [2.24, 2.45) is 5.92 Å². The van der Waals surface area contributed by atoms with Crippen molar-refractivity contribution >= 4 is 17.6 Å². The Kier molecular flexibility index (Phi) is 4.23. The van der Waals surface area contributed by atoms with Crippen molar-refractivity contribution in [3.8, 4) is 6.07 Å². The number of hydrogen-bond acceptors (Lipinski definition) is 3. The highest BCUT2D eigenvalue weighted by atomic mass is 16.4. The highest BCUT2D eigenvalue weighted by Gasteiger charge is 2.16. The zero-order chi connectivity index (χ0) is 12.8. The Morgan fingerprint density at radius 3 is 2.47 bits per heavy atom. The lowest BCUT2D eigenvalue weighted by Gasteiger charge is -2.09. The maximum atomic E-state index is 11.6. The zero-order valence-corrected chi connectivity index (χ0v) is 9.30. The van der Waals surface area contributed by atoms with E-state index >= 15 is 0 Å². The second kappa shape index (κ2) is 5.66. The molecule has 1 atom stereocenters. The quantitative estimate of drug-likeness (QED) is 0.825. The molecule has 0 radical (unpaired) electrons. The van der Waals surface area contributed by atoms with Crippen LogP contribution < -0.4 is 5.32 Å². The molecule has 0 aliphatic carbocycles. The van der Waals surface area contributed by atoms with Gasteiger partial charge in [0.1, 0.15) is 0 Å². The first kappa shape index (κ1) is 12.7. The first-order chi connectivity index (χ1) is 8.02. The third kappa shape index (κ3) is 3.95. The lowest BCUT2D eigenvalue weighted by atomic mass is 10.1. The fourth-order valence-corrected chi connectivity index (χ4v) is 1.25. The molecule has 1 unspecified atom stereocenters. The molecule has 1 amide bonds. The predicted octanol–water partition coefficient (Wildman–Crippen LogP) is 1.61. The van der Waals surface area contributed by atoms with E-state index in [4.69, 9.17) is 10.4 Å². The standard InChI is InChI=1S/C12H12N2O3/c1-8(6-11(15)16)12(17)14-10-4-2-9(7-13)3-5-10/h2-5,8H,6H2,1H3,(H,14,17)(H,15,16). The van der Waals surface area contributed by atoms with Crippen LogP contribution in [0.1, 0.15) is 18.9 Å². The van der Waals surface area contributed by atoms with Gasteiger partial charge >= 0.3 is 5.97 Å². The molecule has 0 saturated heterocycles. The van der Waals surface area contributed by atoms with Crippen LogP contribution >= 0.6 is 0 Å². The van der Waals surface area contributed by atoms with Gasteiger partial charge in [0.15, 0.2) is 0 Å². The molecular weight excluding hydrogens is 220 g/mol. The van der Waals surface area contributed by atoms with Crippen LogP contribution in [-0.4, -0.2) is 17.0 Å². The van der Waals surface area contributed by atoms with Crippen molar-refractivity contribution in [1.82, 2.24) is 0 Å². The first-order valence-electron chi connectivity index (χ1n) is 5.05. The SMILES string of the molecule is CC(CC(=O)O)C(=O)Nc1ccc(C#N)cc1. The van der Waals surface area contributed by atoms with Crippen LogP contribution in [0.15, 0.2) is 24.3 Å². The number of carbonyl (C=O) groups is 2. The number of benzene rings is 1. The third-order valence-corrected chi connectivity index (χ3v) is 2.21. The van der Waals surface area contributed by atoms with E-state index < -0.39 is 11.9 Å². The molecule has 88 valence electrons. The van der Waals surface area contributed by atoms with Crippen molar-refractivity contribution in [2.45, 2.75) is 13.3 Å². The number of carboxylic acids is 1. The molecule has 0 bridgehead atoms. The summed E-state index contributed by atoms with van der Waals surface area (Å²) in [7, 11) is 0. The highest BCUT2D eigenvalue weighted by molar-refractivity contribution is 5.94. The van der Waals surface area contributed by atoms with E-state index in [9.17, 15) is 9.59 Å². The van der Waals surface area contributed by atoms with Crippen LogP contribution in [0.25, 0.3) is 0 Å². The molecule has 0 heterocycles. The number of carbonyl (C=O) groups excluding carboxylic acids is 1. The molecular formula is C12H12N2O3. The molecule has 5 heteroatoms. The van der Waals surface area contributed by atoms with Gasteiger partial charge in [-0.25, -0.2) is 0 Å². The van der Waals surface area contributed by atoms with Gasteiger partial charge in [-0.2, -0.15) is 5.26 Å². The van der Waals surface area contributed by atoms with Gasteiger partial charge in [-0.3, -0.25) is 9.59 Å². The summed E-state index contributed by atoms with van der Waals surface area (Å²) in [5, 5.41) is 19.7. The maximum absolute atomic E-state index is 11.6. The number of nitriles is 1. The monoisotopic (exact) mass is 232 g/mol. The van der Waals surface area contributed by atoms with Crippen molar-refractivity contribution in [3.63, 3.8) is 0 Å². The smallest absolute Gasteiger partial charge is 0.304 e. The van der Waals surface area contributed by atoms with Gasteiger partial charge in [0.2, 0.25) is 5.91 Å². The summed E-state index contributed by atoms with van der Waals surface area (Å²) in [5.74, 6) is -1.95. The van der Waals surface area contributed by atoms with Gasteiger partial charge in [-0.1, -0.05) is 6.92 Å². The van der Waals surface area contributed by atoms with E-state index in [2.05, 4.69) is 5.32 Å². The van der Waals surface area contributed by atoms with Crippen LogP contribution in [0.4, 0.5) is 5.69 Å². The van der Waals surface area contributed by atoms with Gasteiger partial charge in [-0.15, -0.1) is 0 Å². The number of nitrogens with zero attached hydrogens (tertiary/aromatic N) is 1. The Hall–Kier alpha value is -2.35. The molecule has 2 N–H and O–H groups in total. The number of hydrogen-bond donors (Lipinski definition) is 2. The molecule has 17 heavy (non-hydrogen) atoms. The Morgan fingerprint density at radius 2 is 2.00 bits per heavy atom. The molecule has 1 rings (SSSR count). The lowest BCUT2D eigenvalue weighted by Crippen LogP contribution is -2.22. The molecule has 0 aromatic heterocycles. The van der Waals surface area contributed by atoms with Gasteiger partial charge in [0.25, 0.3) is 0 Å². The van der Waals surface area contributed by atoms with Gasteiger partial charge in [-0.05, 0) is 24.3 Å². The van der Waals surface area contributed by atoms with E-state index in [1.807, 2.05) is 6.07 Å². The van der Waals surface area contributed by atoms with Crippen molar-refractivity contribution < 1.29 is 14.7 Å². The lowest BCUT2D eigenvalue weighted by molar-refractivity contribution is -0.139. The number of rotatable bonds is 4. The van der Waals surface area contributed by atoms with E-state index in [1.165, 1.54) is 0 Å². The molecule has 5 nitrogen and oxygen atoms in total. The van der Waals surface area contributed by atoms with Crippen LogP contribution in [-0.2, 0) is 9.59 Å².